The molecule has 0 spiro atoms. The lowest BCUT2D eigenvalue weighted by atomic mass is 10.1. The van der Waals surface area contributed by atoms with Crippen LogP contribution in [0, 0.1) is 0 Å². The standard InChI is InChI=1S/C15H20F3NS/c1-2-19-10-11-7-8-13(9-14(11)15(16,17)18)20-12-5-3-4-6-12/h7-9,12,19H,2-6,10H2,1H3. The van der Waals surface area contributed by atoms with E-state index < -0.39 is 11.7 Å². The van der Waals surface area contributed by atoms with Crippen LogP contribution in [0.15, 0.2) is 23.1 Å². The van der Waals surface area contributed by atoms with Crippen molar-refractivity contribution in [2.45, 2.75) is 55.5 Å². The number of thioether (sulfide) groups is 1. The maximum Gasteiger partial charge on any atom is 0.416 e. The van der Waals surface area contributed by atoms with E-state index in [1.54, 1.807) is 17.8 Å². The van der Waals surface area contributed by atoms with E-state index in [2.05, 4.69) is 5.32 Å². The van der Waals surface area contributed by atoms with Crippen molar-refractivity contribution in [2.24, 2.45) is 0 Å². The van der Waals surface area contributed by atoms with Crippen LogP contribution >= 0.6 is 11.8 Å². The molecule has 1 aromatic carbocycles. The van der Waals surface area contributed by atoms with Gasteiger partial charge in [-0.25, -0.2) is 0 Å². The van der Waals surface area contributed by atoms with Crippen LogP contribution in [-0.2, 0) is 12.7 Å². The van der Waals surface area contributed by atoms with Crippen LogP contribution in [0.1, 0.15) is 43.7 Å². The summed E-state index contributed by atoms with van der Waals surface area (Å²) in [4.78, 5) is 0.740. The molecule has 0 bridgehead atoms. The van der Waals surface area contributed by atoms with Gasteiger partial charge < -0.3 is 5.32 Å². The van der Waals surface area contributed by atoms with Crippen molar-refractivity contribution < 1.29 is 13.2 Å². The zero-order valence-electron chi connectivity index (χ0n) is 11.6. The first-order valence-corrected chi connectivity index (χ1v) is 7.96. The van der Waals surface area contributed by atoms with Gasteiger partial charge in [0.05, 0.1) is 5.56 Å². The number of hydrogen-bond donors (Lipinski definition) is 1. The number of benzene rings is 1. The van der Waals surface area contributed by atoms with Crippen molar-refractivity contribution in [1.82, 2.24) is 5.32 Å². The first-order chi connectivity index (χ1) is 9.50. The highest BCUT2D eigenvalue weighted by molar-refractivity contribution is 8.00. The maximum absolute atomic E-state index is 13.1. The van der Waals surface area contributed by atoms with Crippen LogP contribution in [0.5, 0.6) is 0 Å². The van der Waals surface area contributed by atoms with E-state index in [0.717, 1.165) is 17.7 Å². The van der Waals surface area contributed by atoms with Gasteiger partial charge in [-0.05, 0) is 37.1 Å². The van der Waals surface area contributed by atoms with Gasteiger partial charge in [0.1, 0.15) is 0 Å². The van der Waals surface area contributed by atoms with Crippen molar-refractivity contribution in [3.8, 4) is 0 Å². The van der Waals surface area contributed by atoms with Crippen LogP contribution in [0.4, 0.5) is 13.2 Å². The van der Waals surface area contributed by atoms with Crippen LogP contribution in [0.3, 0.4) is 0 Å². The lowest BCUT2D eigenvalue weighted by molar-refractivity contribution is -0.138. The smallest absolute Gasteiger partial charge is 0.313 e. The van der Waals surface area contributed by atoms with Crippen LogP contribution < -0.4 is 5.32 Å². The summed E-state index contributed by atoms with van der Waals surface area (Å²) in [6, 6.07) is 4.75. The first-order valence-electron chi connectivity index (χ1n) is 7.08. The summed E-state index contributed by atoms with van der Waals surface area (Å²) in [6.45, 7) is 2.81. The van der Waals surface area contributed by atoms with E-state index >= 15 is 0 Å². The van der Waals surface area contributed by atoms with Gasteiger partial charge in [-0.2, -0.15) is 13.2 Å². The average Bonchev–Trinajstić information content (AvgIpc) is 2.89. The van der Waals surface area contributed by atoms with Gasteiger partial charge >= 0.3 is 6.18 Å². The Morgan fingerprint density at radius 2 is 1.95 bits per heavy atom. The van der Waals surface area contributed by atoms with Gasteiger partial charge in [0.15, 0.2) is 0 Å². The number of halogens is 3. The summed E-state index contributed by atoms with van der Waals surface area (Å²) >= 11 is 1.59. The molecule has 1 saturated carbocycles. The average molecular weight is 303 g/mol. The Hall–Kier alpha value is -0.680. The number of nitrogens with one attached hydrogen (secondary N) is 1. The lowest BCUT2D eigenvalue weighted by Gasteiger charge is -2.16. The Bertz CT molecular complexity index is 439. The molecule has 1 aliphatic rings. The molecule has 1 N–H and O–H groups in total. The van der Waals surface area contributed by atoms with E-state index in [0.29, 0.717) is 17.4 Å². The van der Waals surface area contributed by atoms with Gasteiger partial charge in [0.25, 0.3) is 0 Å². The quantitative estimate of drug-likeness (QED) is 0.834. The molecule has 5 heteroatoms. The Morgan fingerprint density at radius 3 is 2.55 bits per heavy atom. The zero-order valence-corrected chi connectivity index (χ0v) is 12.4. The molecule has 20 heavy (non-hydrogen) atoms. The predicted octanol–water partition coefficient (Wildman–Crippen LogP) is 4.85. The third-order valence-electron chi connectivity index (χ3n) is 3.56. The van der Waals surface area contributed by atoms with E-state index in [4.69, 9.17) is 0 Å². The molecule has 0 aromatic heterocycles. The lowest BCUT2D eigenvalue weighted by Crippen LogP contribution is -2.17. The van der Waals surface area contributed by atoms with Gasteiger partial charge in [0.2, 0.25) is 0 Å². The Labute approximate surface area is 122 Å². The molecule has 0 atom stereocenters. The number of hydrogen-bond acceptors (Lipinski definition) is 2. The van der Waals surface area contributed by atoms with Crippen LogP contribution in [0.2, 0.25) is 0 Å². The predicted molar refractivity (Wildman–Crippen MR) is 76.9 cm³/mol. The fraction of sp³-hybridized carbons (Fsp3) is 0.600. The molecule has 0 saturated heterocycles. The van der Waals surface area contributed by atoms with E-state index in [1.807, 2.05) is 13.0 Å². The first kappa shape index (κ1) is 15.7. The van der Waals surface area contributed by atoms with Gasteiger partial charge in [-0.1, -0.05) is 25.8 Å². The fourth-order valence-electron chi connectivity index (χ4n) is 2.51. The largest absolute Gasteiger partial charge is 0.416 e. The highest BCUT2D eigenvalue weighted by atomic mass is 32.2. The summed E-state index contributed by atoms with van der Waals surface area (Å²) < 4.78 is 39.4. The SMILES string of the molecule is CCNCc1ccc(SC2CCCC2)cc1C(F)(F)F. The number of alkyl halides is 3. The van der Waals surface area contributed by atoms with E-state index in [-0.39, 0.29) is 6.54 Å². The normalized spacial score (nSPS) is 16.8. The molecule has 112 valence electrons. The van der Waals surface area contributed by atoms with Gasteiger partial charge in [0, 0.05) is 16.7 Å². The summed E-state index contributed by atoms with van der Waals surface area (Å²) in [5, 5.41) is 3.44. The molecule has 1 aliphatic carbocycles. The summed E-state index contributed by atoms with van der Waals surface area (Å²) in [7, 11) is 0. The summed E-state index contributed by atoms with van der Waals surface area (Å²) in [5.74, 6) is 0. The van der Waals surface area contributed by atoms with Crippen molar-refractivity contribution in [3.05, 3.63) is 29.3 Å². The topological polar surface area (TPSA) is 12.0 Å². The molecule has 2 rings (SSSR count). The highest BCUT2D eigenvalue weighted by Crippen LogP contribution is 2.39. The minimum atomic E-state index is -4.28. The molecule has 1 fully saturated rings. The Morgan fingerprint density at radius 1 is 1.25 bits per heavy atom. The third-order valence-corrected chi connectivity index (χ3v) is 4.89. The van der Waals surface area contributed by atoms with Crippen LogP contribution in [-0.4, -0.2) is 11.8 Å². The molecule has 0 unspecified atom stereocenters. The second kappa shape index (κ2) is 6.85. The van der Waals surface area contributed by atoms with Crippen molar-refractivity contribution in [3.63, 3.8) is 0 Å². The van der Waals surface area contributed by atoms with Gasteiger partial charge in [-0.3, -0.25) is 0 Å². The molecule has 0 heterocycles. The number of rotatable bonds is 5. The van der Waals surface area contributed by atoms with E-state index in [1.165, 1.54) is 18.9 Å². The monoisotopic (exact) mass is 303 g/mol. The minimum Gasteiger partial charge on any atom is -0.313 e. The second-order valence-electron chi connectivity index (χ2n) is 5.12. The highest BCUT2D eigenvalue weighted by Gasteiger charge is 2.33. The Kier molecular flexibility index (Phi) is 5.38. The molecular formula is C15H20F3NS. The molecule has 1 nitrogen and oxygen atoms in total. The summed E-state index contributed by atoms with van der Waals surface area (Å²) in [5.41, 5.74) is -0.170. The molecular weight excluding hydrogens is 283 g/mol. The molecule has 1 aromatic rings. The van der Waals surface area contributed by atoms with Crippen LogP contribution in [0.25, 0.3) is 0 Å². The molecule has 0 aliphatic heterocycles. The maximum atomic E-state index is 13.1. The Balaban J connectivity index is 2.18. The molecule has 0 radical (unpaired) electrons. The van der Waals surface area contributed by atoms with Crippen molar-refractivity contribution in [1.29, 1.82) is 0 Å². The molecule has 0 amide bonds. The van der Waals surface area contributed by atoms with Gasteiger partial charge in [-0.15, -0.1) is 11.8 Å². The second-order valence-corrected chi connectivity index (χ2v) is 6.50. The van der Waals surface area contributed by atoms with Crippen molar-refractivity contribution >= 4 is 11.8 Å². The fourth-order valence-corrected chi connectivity index (χ4v) is 3.79. The van der Waals surface area contributed by atoms with E-state index in [9.17, 15) is 13.2 Å². The summed E-state index contributed by atoms with van der Waals surface area (Å²) in [6.07, 6.45) is 0.345. The van der Waals surface area contributed by atoms with Crippen molar-refractivity contribution in [2.75, 3.05) is 6.54 Å². The zero-order chi connectivity index (χ0) is 14.6. The third kappa shape index (κ3) is 4.16. The minimum absolute atomic E-state index is 0.264.